The molecule has 0 aromatic rings. The van der Waals surface area contributed by atoms with Crippen LogP contribution < -0.4 is 11.1 Å². The van der Waals surface area contributed by atoms with Gasteiger partial charge < -0.3 is 15.8 Å². The van der Waals surface area contributed by atoms with E-state index < -0.39 is 6.09 Å². The molecule has 0 aliphatic heterocycles. The van der Waals surface area contributed by atoms with Crippen LogP contribution in [0, 0.1) is 0 Å². The van der Waals surface area contributed by atoms with Gasteiger partial charge in [0.2, 0.25) is 0 Å². The van der Waals surface area contributed by atoms with Crippen LogP contribution in [-0.2, 0) is 4.74 Å². The fraction of sp³-hybridized carbons (Fsp3) is 0.333. The van der Waals surface area contributed by atoms with Crippen molar-refractivity contribution in [2.75, 3.05) is 7.05 Å². The molecule has 0 rings (SSSR count). The molecule has 0 fully saturated rings. The molecule has 3 N–H and O–H groups in total. The topological polar surface area (TPSA) is 64.3 Å². The monoisotopic (exact) mass is 134 g/mol. The third-order valence-corrected chi connectivity index (χ3v) is 0.685. The van der Waals surface area contributed by atoms with E-state index in [1.807, 2.05) is 0 Å². The summed E-state index contributed by atoms with van der Waals surface area (Å²) in [6.07, 6.45) is -0.899. The minimum absolute atomic E-state index is 0.0162. The number of nitrogens with one attached hydrogen (secondary N) is 1. The highest BCUT2D eigenvalue weighted by Gasteiger charge is 1.95. The Morgan fingerprint density at radius 1 is 1.88 bits per heavy atom. The molecule has 0 aliphatic carbocycles. The van der Waals surface area contributed by atoms with Crippen molar-refractivity contribution in [3.63, 3.8) is 0 Å². The lowest BCUT2D eigenvalue weighted by atomic mass is 11.1. The Hall–Kier alpha value is -0.840. The number of hydrogen-bond donors (Lipinski definition) is 2. The maximum atomic E-state index is 9.84. The Morgan fingerprint density at radius 2 is 2.38 bits per heavy atom. The molecule has 0 bridgehead atoms. The first-order valence-electron chi connectivity index (χ1n) is 1.86. The highest BCUT2D eigenvalue weighted by atomic mass is 32.1. The average Bonchev–Trinajstić information content (AvgIpc) is 1.65. The highest BCUT2D eigenvalue weighted by molar-refractivity contribution is 7.80. The van der Waals surface area contributed by atoms with Crippen molar-refractivity contribution in [3.05, 3.63) is 0 Å². The van der Waals surface area contributed by atoms with Gasteiger partial charge in [-0.25, -0.2) is 4.79 Å². The summed E-state index contributed by atoms with van der Waals surface area (Å²) in [4.78, 5) is 9.84. The number of thiocarbonyl (C=S) groups is 1. The van der Waals surface area contributed by atoms with E-state index in [1.54, 1.807) is 0 Å². The summed E-state index contributed by atoms with van der Waals surface area (Å²) in [5.41, 5.74) is 4.58. The van der Waals surface area contributed by atoms with Crippen molar-refractivity contribution in [1.29, 1.82) is 0 Å². The van der Waals surface area contributed by atoms with Gasteiger partial charge >= 0.3 is 6.09 Å². The molecular formula is C3H6N2O2S. The third kappa shape index (κ3) is 3.35. The van der Waals surface area contributed by atoms with Gasteiger partial charge in [0.15, 0.2) is 0 Å². The normalized spacial score (nSPS) is 7.62. The minimum atomic E-state index is -0.899. The van der Waals surface area contributed by atoms with Gasteiger partial charge in [-0.1, -0.05) is 0 Å². The SMILES string of the molecule is CNC(=S)OC(N)=O. The van der Waals surface area contributed by atoms with Gasteiger partial charge in [0.05, 0.1) is 0 Å². The first-order valence-corrected chi connectivity index (χ1v) is 2.26. The van der Waals surface area contributed by atoms with Gasteiger partial charge in [0.25, 0.3) is 5.17 Å². The predicted octanol–water partition coefficient (Wildman–Crippen LogP) is -0.414. The summed E-state index contributed by atoms with van der Waals surface area (Å²) >= 11 is 4.40. The standard InChI is InChI=1S/C3H6N2O2S/c1-5-3(8)7-2(4)6/h1H3,(H2,4,6)(H,5,8). The van der Waals surface area contributed by atoms with E-state index in [9.17, 15) is 4.79 Å². The molecule has 4 nitrogen and oxygen atoms in total. The van der Waals surface area contributed by atoms with Crippen LogP contribution in [0.3, 0.4) is 0 Å². The summed E-state index contributed by atoms with van der Waals surface area (Å²) in [6.45, 7) is 0. The molecule has 0 atom stereocenters. The second kappa shape index (κ2) is 3.20. The van der Waals surface area contributed by atoms with Gasteiger partial charge in [-0.3, -0.25) is 0 Å². The first-order chi connectivity index (χ1) is 3.66. The lowest BCUT2D eigenvalue weighted by Gasteiger charge is -1.97. The van der Waals surface area contributed by atoms with Gasteiger partial charge in [0, 0.05) is 7.05 Å². The number of hydrogen-bond acceptors (Lipinski definition) is 3. The Balaban J connectivity index is 3.40. The molecule has 0 aromatic heterocycles. The number of amides is 1. The van der Waals surface area contributed by atoms with Crippen molar-refractivity contribution in [3.8, 4) is 0 Å². The van der Waals surface area contributed by atoms with E-state index in [4.69, 9.17) is 0 Å². The van der Waals surface area contributed by atoms with Gasteiger partial charge in [-0.05, 0) is 12.2 Å². The molecule has 0 unspecified atom stereocenters. The fourth-order valence-electron chi connectivity index (χ4n) is 0.142. The highest BCUT2D eigenvalue weighted by Crippen LogP contribution is 1.73. The molecule has 0 aromatic carbocycles. The smallest absolute Gasteiger partial charge is 0.383 e. The van der Waals surface area contributed by atoms with Gasteiger partial charge in [-0.2, -0.15) is 0 Å². The molecule has 0 spiro atoms. The first kappa shape index (κ1) is 7.16. The van der Waals surface area contributed by atoms with Crippen LogP contribution in [0.15, 0.2) is 0 Å². The Labute approximate surface area is 52.0 Å². The lowest BCUT2D eigenvalue weighted by Crippen LogP contribution is -2.25. The van der Waals surface area contributed by atoms with E-state index in [-0.39, 0.29) is 5.17 Å². The zero-order valence-corrected chi connectivity index (χ0v) is 5.12. The van der Waals surface area contributed by atoms with Crippen molar-refractivity contribution < 1.29 is 9.53 Å². The van der Waals surface area contributed by atoms with Crippen LogP contribution >= 0.6 is 12.2 Å². The quantitative estimate of drug-likeness (QED) is 0.442. The van der Waals surface area contributed by atoms with Crippen molar-refractivity contribution >= 4 is 23.5 Å². The number of primary amides is 1. The van der Waals surface area contributed by atoms with Gasteiger partial charge in [0.1, 0.15) is 0 Å². The average molecular weight is 134 g/mol. The molecule has 5 heteroatoms. The molecule has 0 heterocycles. The zero-order chi connectivity index (χ0) is 6.57. The van der Waals surface area contributed by atoms with Crippen molar-refractivity contribution in [2.45, 2.75) is 0 Å². The number of carbonyl (C=O) groups is 1. The second-order valence-electron chi connectivity index (χ2n) is 0.959. The van der Waals surface area contributed by atoms with E-state index >= 15 is 0 Å². The molecule has 0 saturated carbocycles. The summed E-state index contributed by atoms with van der Waals surface area (Å²) in [6, 6.07) is 0. The van der Waals surface area contributed by atoms with Crippen LogP contribution in [0.2, 0.25) is 0 Å². The molecule has 1 amide bonds. The van der Waals surface area contributed by atoms with Crippen molar-refractivity contribution in [1.82, 2.24) is 5.32 Å². The number of ether oxygens (including phenoxy) is 1. The van der Waals surface area contributed by atoms with Crippen LogP contribution in [-0.4, -0.2) is 18.3 Å². The fourth-order valence-corrected chi connectivity index (χ4v) is 0.225. The van der Waals surface area contributed by atoms with Gasteiger partial charge in [-0.15, -0.1) is 0 Å². The summed E-state index contributed by atoms with van der Waals surface area (Å²) in [5.74, 6) is 0. The maximum Gasteiger partial charge on any atom is 0.411 e. The Bertz CT molecular complexity index is 114. The number of nitrogens with two attached hydrogens (primary N) is 1. The predicted molar refractivity (Wildman–Crippen MR) is 32.3 cm³/mol. The summed E-state index contributed by atoms with van der Waals surface area (Å²) in [5, 5.41) is 2.39. The molecular weight excluding hydrogens is 128 g/mol. The second-order valence-corrected chi connectivity index (χ2v) is 1.33. The van der Waals surface area contributed by atoms with E-state index in [2.05, 4.69) is 28.0 Å². The Kier molecular flexibility index (Phi) is 2.86. The van der Waals surface area contributed by atoms with E-state index in [0.29, 0.717) is 0 Å². The number of carbonyl (C=O) groups excluding carboxylic acids is 1. The molecule has 46 valence electrons. The molecule has 0 radical (unpaired) electrons. The Morgan fingerprint density at radius 3 is 2.50 bits per heavy atom. The molecule has 8 heavy (non-hydrogen) atoms. The lowest BCUT2D eigenvalue weighted by molar-refractivity contribution is 0.207. The third-order valence-electron chi connectivity index (χ3n) is 0.397. The molecule has 0 aliphatic rings. The van der Waals surface area contributed by atoms with Crippen LogP contribution in [0.4, 0.5) is 4.79 Å². The minimum Gasteiger partial charge on any atom is -0.383 e. The zero-order valence-electron chi connectivity index (χ0n) is 4.30. The van der Waals surface area contributed by atoms with E-state index in [0.717, 1.165) is 0 Å². The summed E-state index contributed by atoms with van der Waals surface area (Å²) in [7, 11) is 1.53. The largest absolute Gasteiger partial charge is 0.411 e. The van der Waals surface area contributed by atoms with Crippen LogP contribution in [0.25, 0.3) is 0 Å². The summed E-state index contributed by atoms with van der Waals surface area (Å²) < 4.78 is 4.16. The number of rotatable bonds is 0. The van der Waals surface area contributed by atoms with E-state index in [1.165, 1.54) is 7.05 Å². The maximum absolute atomic E-state index is 9.84. The van der Waals surface area contributed by atoms with Crippen LogP contribution in [0.5, 0.6) is 0 Å². The van der Waals surface area contributed by atoms with Crippen LogP contribution in [0.1, 0.15) is 0 Å². The van der Waals surface area contributed by atoms with Crippen molar-refractivity contribution in [2.24, 2.45) is 5.73 Å². The molecule has 0 saturated heterocycles.